The van der Waals surface area contributed by atoms with E-state index in [9.17, 15) is 4.79 Å². The van der Waals surface area contributed by atoms with Crippen LogP contribution in [0.5, 0.6) is 5.75 Å². The molecule has 0 saturated heterocycles. The Morgan fingerprint density at radius 1 is 1.35 bits per heavy atom. The van der Waals surface area contributed by atoms with E-state index in [2.05, 4.69) is 26.0 Å². The fourth-order valence-electron chi connectivity index (χ4n) is 2.18. The van der Waals surface area contributed by atoms with Crippen LogP contribution in [0.1, 0.15) is 51.0 Å². The molecule has 1 fully saturated rings. The van der Waals surface area contributed by atoms with Crippen LogP contribution in [0.25, 0.3) is 0 Å². The molecule has 2 rings (SSSR count). The summed E-state index contributed by atoms with van der Waals surface area (Å²) in [6, 6.07) is 8.29. The van der Waals surface area contributed by atoms with Crippen LogP contribution in [0, 0.1) is 0 Å². The van der Waals surface area contributed by atoms with E-state index in [-0.39, 0.29) is 6.10 Å². The van der Waals surface area contributed by atoms with E-state index in [0.717, 1.165) is 18.6 Å². The lowest BCUT2D eigenvalue weighted by atomic mass is 9.99. The highest BCUT2D eigenvalue weighted by molar-refractivity contribution is 5.81. The first kappa shape index (κ1) is 12.2. The Kier molecular flexibility index (Phi) is 3.82. The normalized spacial score (nSPS) is 21.5. The second-order valence-electron chi connectivity index (χ2n) is 4.90. The van der Waals surface area contributed by atoms with Gasteiger partial charge in [0.1, 0.15) is 17.6 Å². The molecule has 0 amide bonds. The monoisotopic (exact) mass is 232 g/mol. The number of hydrogen-bond donors (Lipinski definition) is 0. The Labute approximate surface area is 103 Å². The number of ketones is 1. The molecule has 0 aromatic heterocycles. The zero-order chi connectivity index (χ0) is 12.3. The predicted molar refractivity (Wildman–Crippen MR) is 68.4 cm³/mol. The second kappa shape index (κ2) is 5.35. The van der Waals surface area contributed by atoms with Gasteiger partial charge in [-0.05, 0) is 36.5 Å². The Bertz CT molecular complexity index is 380. The van der Waals surface area contributed by atoms with Crippen LogP contribution in [-0.2, 0) is 4.79 Å². The highest BCUT2D eigenvalue weighted by Gasteiger charge is 2.23. The third kappa shape index (κ3) is 3.09. The SMILES string of the molecule is CCC(C)c1ccc(OC2CCC(=O)C2)cc1. The van der Waals surface area contributed by atoms with Crippen molar-refractivity contribution < 1.29 is 9.53 Å². The highest BCUT2D eigenvalue weighted by Crippen LogP contribution is 2.25. The van der Waals surface area contributed by atoms with Crippen LogP contribution in [0.4, 0.5) is 0 Å². The molecule has 0 aliphatic heterocycles. The van der Waals surface area contributed by atoms with E-state index in [1.54, 1.807) is 0 Å². The van der Waals surface area contributed by atoms with Gasteiger partial charge in [-0.15, -0.1) is 0 Å². The lowest BCUT2D eigenvalue weighted by molar-refractivity contribution is -0.117. The molecule has 92 valence electrons. The molecular weight excluding hydrogens is 212 g/mol. The number of ether oxygens (including phenoxy) is 1. The predicted octanol–water partition coefficient (Wildman–Crippen LogP) is 3.70. The average molecular weight is 232 g/mol. The van der Waals surface area contributed by atoms with Crippen molar-refractivity contribution >= 4 is 5.78 Å². The maximum absolute atomic E-state index is 11.1. The van der Waals surface area contributed by atoms with Crippen LogP contribution in [0.2, 0.25) is 0 Å². The standard InChI is InChI=1S/C15H20O2/c1-3-11(2)12-4-7-14(8-5-12)17-15-9-6-13(16)10-15/h4-5,7-8,11,15H,3,6,9-10H2,1-2H3. The van der Waals surface area contributed by atoms with E-state index >= 15 is 0 Å². The van der Waals surface area contributed by atoms with Crippen molar-refractivity contribution in [3.05, 3.63) is 29.8 Å². The summed E-state index contributed by atoms with van der Waals surface area (Å²) >= 11 is 0. The lowest BCUT2D eigenvalue weighted by Crippen LogP contribution is -2.12. The molecule has 2 nitrogen and oxygen atoms in total. The minimum absolute atomic E-state index is 0.0944. The molecular formula is C15H20O2. The summed E-state index contributed by atoms with van der Waals surface area (Å²) in [5, 5.41) is 0. The molecule has 1 aromatic rings. The quantitative estimate of drug-likeness (QED) is 0.791. The highest BCUT2D eigenvalue weighted by atomic mass is 16.5. The summed E-state index contributed by atoms with van der Waals surface area (Å²) in [6.45, 7) is 4.42. The van der Waals surface area contributed by atoms with E-state index < -0.39 is 0 Å². The van der Waals surface area contributed by atoms with Crippen molar-refractivity contribution in [2.45, 2.75) is 51.6 Å². The van der Waals surface area contributed by atoms with Gasteiger partial charge >= 0.3 is 0 Å². The molecule has 1 aliphatic carbocycles. The molecule has 2 heteroatoms. The van der Waals surface area contributed by atoms with Gasteiger partial charge < -0.3 is 4.74 Å². The van der Waals surface area contributed by atoms with E-state index in [1.807, 2.05) is 12.1 Å². The largest absolute Gasteiger partial charge is 0.490 e. The lowest BCUT2D eigenvalue weighted by Gasteiger charge is -2.14. The second-order valence-corrected chi connectivity index (χ2v) is 4.90. The van der Waals surface area contributed by atoms with Crippen LogP contribution < -0.4 is 4.74 Å². The topological polar surface area (TPSA) is 26.3 Å². The van der Waals surface area contributed by atoms with Crippen molar-refractivity contribution in [2.24, 2.45) is 0 Å². The summed E-state index contributed by atoms with van der Waals surface area (Å²) in [5.41, 5.74) is 1.35. The van der Waals surface area contributed by atoms with Crippen molar-refractivity contribution in [3.8, 4) is 5.75 Å². The van der Waals surface area contributed by atoms with Crippen LogP contribution in [0.3, 0.4) is 0 Å². The smallest absolute Gasteiger partial charge is 0.136 e. The molecule has 0 heterocycles. The van der Waals surface area contributed by atoms with Gasteiger partial charge in [-0.2, -0.15) is 0 Å². The van der Waals surface area contributed by atoms with Gasteiger partial charge in [0.25, 0.3) is 0 Å². The fourth-order valence-corrected chi connectivity index (χ4v) is 2.18. The molecule has 17 heavy (non-hydrogen) atoms. The minimum atomic E-state index is 0.0944. The third-order valence-electron chi connectivity index (χ3n) is 3.56. The van der Waals surface area contributed by atoms with Gasteiger partial charge in [0.05, 0.1) is 0 Å². The summed E-state index contributed by atoms with van der Waals surface area (Å²) in [5.74, 6) is 1.81. The maximum atomic E-state index is 11.1. The van der Waals surface area contributed by atoms with Gasteiger partial charge in [0.2, 0.25) is 0 Å². The van der Waals surface area contributed by atoms with Crippen LogP contribution >= 0.6 is 0 Å². The molecule has 2 unspecified atom stereocenters. The Hall–Kier alpha value is -1.31. The van der Waals surface area contributed by atoms with E-state index in [1.165, 1.54) is 5.56 Å². The van der Waals surface area contributed by atoms with Gasteiger partial charge in [-0.25, -0.2) is 0 Å². The third-order valence-corrected chi connectivity index (χ3v) is 3.56. The Morgan fingerprint density at radius 2 is 2.06 bits per heavy atom. The van der Waals surface area contributed by atoms with Crippen LogP contribution in [0.15, 0.2) is 24.3 Å². The van der Waals surface area contributed by atoms with Crippen molar-refractivity contribution in [1.29, 1.82) is 0 Å². The summed E-state index contributed by atoms with van der Waals surface area (Å²) in [7, 11) is 0. The summed E-state index contributed by atoms with van der Waals surface area (Å²) in [6.07, 6.45) is 3.36. The van der Waals surface area contributed by atoms with Crippen molar-refractivity contribution in [3.63, 3.8) is 0 Å². The van der Waals surface area contributed by atoms with Gasteiger partial charge in [-0.1, -0.05) is 26.0 Å². The van der Waals surface area contributed by atoms with E-state index in [4.69, 9.17) is 4.74 Å². The number of carbonyl (C=O) groups excluding carboxylic acids is 1. The fraction of sp³-hybridized carbons (Fsp3) is 0.533. The zero-order valence-corrected chi connectivity index (χ0v) is 10.6. The molecule has 1 aliphatic rings. The molecule has 0 spiro atoms. The minimum Gasteiger partial charge on any atom is -0.490 e. The summed E-state index contributed by atoms with van der Waals surface area (Å²) in [4.78, 5) is 11.1. The van der Waals surface area contributed by atoms with Crippen molar-refractivity contribution in [1.82, 2.24) is 0 Å². The zero-order valence-electron chi connectivity index (χ0n) is 10.6. The Balaban J connectivity index is 1.96. The first-order chi connectivity index (χ1) is 8.19. The molecule has 0 N–H and O–H groups in total. The molecule has 2 atom stereocenters. The first-order valence-electron chi connectivity index (χ1n) is 6.47. The number of benzene rings is 1. The van der Waals surface area contributed by atoms with Gasteiger partial charge in [0, 0.05) is 12.8 Å². The Morgan fingerprint density at radius 3 is 2.59 bits per heavy atom. The number of hydrogen-bond acceptors (Lipinski definition) is 2. The van der Waals surface area contributed by atoms with Gasteiger partial charge in [-0.3, -0.25) is 4.79 Å². The molecule has 0 bridgehead atoms. The molecule has 1 saturated carbocycles. The first-order valence-corrected chi connectivity index (χ1v) is 6.47. The van der Waals surface area contributed by atoms with Crippen LogP contribution in [-0.4, -0.2) is 11.9 Å². The number of rotatable bonds is 4. The summed E-state index contributed by atoms with van der Waals surface area (Å²) < 4.78 is 5.79. The molecule has 1 aromatic carbocycles. The number of carbonyl (C=O) groups is 1. The van der Waals surface area contributed by atoms with Gasteiger partial charge in [0.15, 0.2) is 0 Å². The molecule has 0 radical (unpaired) electrons. The van der Waals surface area contributed by atoms with E-state index in [0.29, 0.717) is 24.5 Å². The number of Topliss-reactive ketones (excluding diaryl/α,β-unsaturated/α-hetero) is 1. The van der Waals surface area contributed by atoms with Crippen molar-refractivity contribution in [2.75, 3.05) is 0 Å². The average Bonchev–Trinajstić information content (AvgIpc) is 2.75. The maximum Gasteiger partial charge on any atom is 0.136 e.